The Balaban J connectivity index is 0.000000167. The van der Waals surface area contributed by atoms with Crippen LogP contribution < -0.4 is 22.2 Å². The van der Waals surface area contributed by atoms with Gasteiger partial charge in [0.1, 0.15) is 0 Å². The second-order valence-corrected chi connectivity index (χ2v) is 17.7. The molecule has 7 rings (SSSR count). The molecular formula is C40H50N4O4. The quantitative estimate of drug-likeness (QED) is 0.191. The maximum absolute atomic E-state index is 12.6. The normalized spacial score (nSPS) is 16.2. The maximum Gasteiger partial charge on any atom is 0.262 e. The lowest BCUT2D eigenvalue weighted by Gasteiger charge is -2.42. The predicted molar refractivity (Wildman–Crippen MR) is 197 cm³/mol. The molecule has 0 spiro atoms. The molecule has 0 bridgehead atoms. The van der Waals surface area contributed by atoms with Gasteiger partial charge in [-0.3, -0.25) is 38.1 Å². The molecule has 0 N–H and O–H groups in total. The van der Waals surface area contributed by atoms with E-state index in [0.29, 0.717) is 0 Å². The van der Waals surface area contributed by atoms with E-state index in [1.807, 2.05) is 0 Å². The van der Waals surface area contributed by atoms with Crippen LogP contribution >= 0.6 is 0 Å². The first-order chi connectivity index (χ1) is 22.0. The second-order valence-electron chi connectivity index (χ2n) is 17.7. The molecule has 8 nitrogen and oxygen atoms in total. The monoisotopic (exact) mass is 650 g/mol. The second kappa shape index (κ2) is 10.8. The topological polar surface area (TPSA) is 84.6 Å². The lowest BCUT2D eigenvalue weighted by molar-refractivity contribution is 0.113. The van der Waals surface area contributed by atoms with E-state index in [-0.39, 0.29) is 32.6 Å². The van der Waals surface area contributed by atoms with Crippen LogP contribution in [0.4, 0.5) is 0 Å². The molecular weight excluding hydrogens is 600 g/mol. The maximum atomic E-state index is 12.6. The van der Waals surface area contributed by atoms with Crippen molar-refractivity contribution in [2.75, 3.05) is 0 Å². The third kappa shape index (κ3) is 5.47. The van der Waals surface area contributed by atoms with Crippen molar-refractivity contribution in [3.05, 3.63) is 100 Å². The van der Waals surface area contributed by atoms with Crippen molar-refractivity contribution in [2.45, 2.75) is 131 Å². The molecule has 2 aliphatic rings. The minimum atomic E-state index is -0.677. The van der Waals surface area contributed by atoms with E-state index in [1.165, 1.54) is 43.5 Å². The smallest absolute Gasteiger partial charge is 0.262 e. The number of rotatable bonds is 0. The lowest BCUT2D eigenvalue weighted by Crippen LogP contribution is -2.43. The van der Waals surface area contributed by atoms with E-state index in [1.54, 1.807) is 52.3 Å². The summed E-state index contributed by atoms with van der Waals surface area (Å²) >= 11 is 0. The van der Waals surface area contributed by atoms with Crippen LogP contribution in [-0.4, -0.2) is 30.0 Å². The molecule has 0 aliphatic carbocycles. The minimum absolute atomic E-state index is 0.186. The fourth-order valence-corrected chi connectivity index (χ4v) is 7.39. The van der Waals surface area contributed by atoms with Crippen molar-refractivity contribution in [2.24, 2.45) is 0 Å². The molecule has 8 heteroatoms. The highest BCUT2D eigenvalue weighted by Crippen LogP contribution is 2.40. The van der Waals surface area contributed by atoms with Gasteiger partial charge in [-0.05, 0) is 128 Å². The summed E-state index contributed by atoms with van der Waals surface area (Å²) in [5, 5.41) is 3.85. The molecule has 0 saturated carbocycles. The Morgan fingerprint density at radius 2 is 0.625 bits per heavy atom. The molecule has 4 heterocycles. The van der Waals surface area contributed by atoms with Crippen LogP contribution in [0.5, 0.6) is 0 Å². The van der Waals surface area contributed by atoms with Gasteiger partial charge in [0.25, 0.3) is 22.2 Å². The van der Waals surface area contributed by atoms with Crippen LogP contribution in [0.3, 0.4) is 0 Å². The van der Waals surface area contributed by atoms with Gasteiger partial charge in [-0.1, -0.05) is 24.3 Å². The van der Waals surface area contributed by atoms with E-state index >= 15 is 0 Å². The Hall–Kier alpha value is -3.88. The van der Waals surface area contributed by atoms with Crippen LogP contribution in [0.2, 0.25) is 0 Å². The molecule has 0 amide bonds. The first-order valence-corrected chi connectivity index (χ1v) is 17.0. The zero-order chi connectivity index (χ0) is 35.5. The van der Waals surface area contributed by atoms with Gasteiger partial charge in [0, 0.05) is 48.3 Å². The Bertz CT molecular complexity index is 2030. The lowest BCUT2D eigenvalue weighted by atomic mass is 9.85. The van der Waals surface area contributed by atoms with Crippen LogP contribution in [0, 0.1) is 0 Å². The molecule has 0 unspecified atom stereocenters. The van der Waals surface area contributed by atoms with E-state index in [9.17, 15) is 19.2 Å². The third-order valence-electron chi connectivity index (χ3n) is 10.1. The SMILES string of the molecule is CC(C)(C)N1Cc2ccc3c4c(ccc(c24)C1)CN(C(C)(C)C)C3.CC(C)(C)n1c(=O)c2cc3c(=O)n(C(C)(C)C)c(=O)c3cc2c1=O. The van der Waals surface area contributed by atoms with Crippen LogP contribution in [-0.2, 0) is 37.3 Å². The predicted octanol–water partition coefficient (Wildman–Crippen LogP) is 6.49. The zero-order valence-electron chi connectivity index (χ0n) is 30.7. The summed E-state index contributed by atoms with van der Waals surface area (Å²) in [5.41, 5.74) is 3.38. The van der Waals surface area contributed by atoms with Gasteiger partial charge < -0.3 is 0 Å². The number of fused-ring (bicyclic) bond motifs is 2. The number of hydrogen-bond acceptors (Lipinski definition) is 6. The summed E-state index contributed by atoms with van der Waals surface area (Å²) in [5.74, 6) is 0. The molecule has 5 aromatic rings. The Kier molecular flexibility index (Phi) is 7.66. The number of aromatic nitrogens is 2. The summed E-state index contributed by atoms with van der Waals surface area (Å²) in [6.45, 7) is 28.8. The van der Waals surface area contributed by atoms with Crippen molar-refractivity contribution in [1.29, 1.82) is 0 Å². The number of hydrogen-bond donors (Lipinski definition) is 0. The Morgan fingerprint density at radius 1 is 0.396 bits per heavy atom. The van der Waals surface area contributed by atoms with Crippen LogP contribution in [0.1, 0.15) is 105 Å². The summed E-state index contributed by atoms with van der Waals surface area (Å²) in [7, 11) is 0. The Morgan fingerprint density at radius 3 is 0.812 bits per heavy atom. The highest BCUT2D eigenvalue weighted by Gasteiger charge is 2.32. The molecule has 3 aromatic carbocycles. The summed E-state index contributed by atoms with van der Waals surface area (Å²) in [6.07, 6.45) is 0. The highest BCUT2D eigenvalue weighted by molar-refractivity contribution is 5.98. The van der Waals surface area contributed by atoms with E-state index in [0.717, 1.165) is 26.2 Å². The summed E-state index contributed by atoms with van der Waals surface area (Å²) < 4.78 is 2.34. The minimum Gasteiger partial charge on any atom is -0.290 e. The summed E-state index contributed by atoms with van der Waals surface area (Å²) in [4.78, 5) is 55.7. The molecule has 0 radical (unpaired) electrons. The van der Waals surface area contributed by atoms with Gasteiger partial charge in [0.05, 0.1) is 21.5 Å². The van der Waals surface area contributed by atoms with Crippen molar-refractivity contribution in [1.82, 2.24) is 18.9 Å². The van der Waals surface area contributed by atoms with Crippen molar-refractivity contribution in [3.8, 4) is 0 Å². The number of nitrogens with zero attached hydrogens (tertiary/aromatic N) is 4. The van der Waals surface area contributed by atoms with Crippen molar-refractivity contribution >= 4 is 32.3 Å². The molecule has 2 aliphatic heterocycles. The van der Waals surface area contributed by atoms with Gasteiger partial charge in [-0.25, -0.2) is 0 Å². The third-order valence-corrected chi connectivity index (χ3v) is 10.1. The molecule has 0 atom stereocenters. The fraction of sp³-hybridized carbons (Fsp3) is 0.500. The molecule has 2 aromatic heterocycles. The molecule has 48 heavy (non-hydrogen) atoms. The van der Waals surface area contributed by atoms with Gasteiger partial charge in [0.15, 0.2) is 0 Å². The average molecular weight is 651 g/mol. The fourth-order valence-electron chi connectivity index (χ4n) is 7.39. The molecule has 254 valence electrons. The first kappa shape index (κ1) is 34.0. The van der Waals surface area contributed by atoms with Gasteiger partial charge in [0.2, 0.25) is 0 Å². The van der Waals surface area contributed by atoms with E-state index in [4.69, 9.17) is 0 Å². The van der Waals surface area contributed by atoms with Gasteiger partial charge in [-0.2, -0.15) is 0 Å². The number of benzene rings is 3. The average Bonchev–Trinajstić information content (AvgIpc) is 3.37. The van der Waals surface area contributed by atoms with Gasteiger partial charge in [-0.15, -0.1) is 0 Å². The van der Waals surface area contributed by atoms with Crippen LogP contribution in [0.15, 0.2) is 55.6 Å². The van der Waals surface area contributed by atoms with Crippen molar-refractivity contribution < 1.29 is 0 Å². The molecule has 0 saturated heterocycles. The van der Waals surface area contributed by atoms with E-state index in [2.05, 4.69) is 75.6 Å². The zero-order valence-corrected chi connectivity index (χ0v) is 30.7. The standard InChI is InChI=1S/C22H30N2.C18H20N2O4/c1-21(2,3)23-11-15-7-9-17-13-24(22(4,5)6)14-18-10-8-16(12-23)19(15)20(17)18;1-17(2,3)19-13(21)9-7-11-12(8-10(9)14(19)22)16(24)20(15(11)23)18(4,5)6/h7-10H,11-14H2,1-6H3;7-8H,1-6H3. The largest absolute Gasteiger partial charge is 0.290 e. The van der Waals surface area contributed by atoms with Gasteiger partial charge >= 0.3 is 0 Å². The highest BCUT2D eigenvalue weighted by atomic mass is 16.2. The Labute approximate surface area is 282 Å². The van der Waals surface area contributed by atoms with Crippen molar-refractivity contribution in [3.63, 3.8) is 0 Å². The van der Waals surface area contributed by atoms with E-state index < -0.39 is 33.3 Å². The summed E-state index contributed by atoms with van der Waals surface area (Å²) in [6, 6.07) is 12.3. The van der Waals surface area contributed by atoms with Crippen LogP contribution in [0.25, 0.3) is 32.3 Å². The first-order valence-electron chi connectivity index (χ1n) is 17.0. The molecule has 0 fully saturated rings.